The Morgan fingerprint density at radius 2 is 1.88 bits per heavy atom. The second-order valence-electron chi connectivity index (χ2n) is 7.27. The molecule has 2 aromatic carbocycles. The summed E-state index contributed by atoms with van der Waals surface area (Å²) in [7, 11) is 0. The number of nitrogens with zero attached hydrogens (tertiary/aromatic N) is 3. The molecule has 0 saturated heterocycles. The molecular weight excluding hydrogens is 460 g/mol. The molecule has 0 saturated carbocycles. The summed E-state index contributed by atoms with van der Waals surface area (Å²) in [4.78, 5) is 14.0. The molecule has 0 aliphatic heterocycles. The molecule has 0 aliphatic carbocycles. The molecule has 1 unspecified atom stereocenters. The largest absolute Gasteiger partial charge is 0.344 e. The number of benzene rings is 2. The van der Waals surface area contributed by atoms with Crippen LogP contribution in [-0.4, -0.2) is 26.4 Å². The molecule has 32 heavy (non-hydrogen) atoms. The number of carbonyl (C=O) groups excluding carboxylic acids is 1. The minimum absolute atomic E-state index is 0.0485. The van der Waals surface area contributed by atoms with Crippen LogP contribution in [0.25, 0.3) is 11.4 Å². The molecule has 1 atom stereocenters. The first kappa shape index (κ1) is 22.6. The lowest BCUT2D eigenvalue weighted by molar-refractivity contribution is -0.119. The smallest absolute Gasteiger partial charge is 0.231 e. The van der Waals surface area contributed by atoms with E-state index < -0.39 is 0 Å². The summed E-state index contributed by atoms with van der Waals surface area (Å²) >= 11 is 9.03. The average molecular weight is 483 g/mol. The van der Waals surface area contributed by atoms with Crippen molar-refractivity contribution in [1.82, 2.24) is 20.1 Å². The van der Waals surface area contributed by atoms with Crippen molar-refractivity contribution in [3.05, 3.63) is 87.1 Å². The van der Waals surface area contributed by atoms with E-state index in [-0.39, 0.29) is 17.7 Å². The Kier molecular flexibility index (Phi) is 7.29. The highest BCUT2D eigenvalue weighted by molar-refractivity contribution is 7.99. The molecule has 4 aromatic rings. The summed E-state index contributed by atoms with van der Waals surface area (Å²) in [5, 5.41) is 15.3. The third kappa shape index (κ3) is 5.23. The highest BCUT2D eigenvalue weighted by atomic mass is 35.5. The molecule has 1 amide bonds. The van der Waals surface area contributed by atoms with Gasteiger partial charge in [-0.1, -0.05) is 59.3 Å². The van der Waals surface area contributed by atoms with Crippen LogP contribution in [0, 0.1) is 6.92 Å². The van der Waals surface area contributed by atoms with Crippen molar-refractivity contribution in [2.45, 2.75) is 31.6 Å². The van der Waals surface area contributed by atoms with Crippen molar-refractivity contribution in [1.29, 1.82) is 0 Å². The molecule has 2 aromatic heterocycles. The highest BCUT2D eigenvalue weighted by Crippen LogP contribution is 2.28. The van der Waals surface area contributed by atoms with Crippen molar-refractivity contribution < 1.29 is 4.79 Å². The standard InChI is InChI=1S/C24H23ClN4OS2/c1-3-29-23(18-10-12-19(25)13-11-18)27-28-24(29)32-15-21(30)26-22(20-5-4-14-31-20)17-8-6-16(2)7-9-17/h4-14,22H,3,15H2,1-2H3,(H,26,30). The molecule has 8 heteroatoms. The maximum Gasteiger partial charge on any atom is 0.231 e. The summed E-state index contributed by atoms with van der Waals surface area (Å²) in [6.45, 7) is 4.80. The van der Waals surface area contributed by atoms with E-state index in [1.807, 2.05) is 47.2 Å². The number of hydrogen-bond acceptors (Lipinski definition) is 5. The first-order valence-electron chi connectivity index (χ1n) is 10.3. The molecule has 1 N–H and O–H groups in total. The van der Waals surface area contributed by atoms with Crippen molar-refractivity contribution in [3.63, 3.8) is 0 Å². The zero-order valence-electron chi connectivity index (χ0n) is 17.8. The fraction of sp³-hybridized carbons (Fsp3) is 0.208. The number of nitrogens with one attached hydrogen (secondary N) is 1. The molecule has 4 rings (SSSR count). The first-order chi connectivity index (χ1) is 15.5. The number of halogens is 1. The van der Waals surface area contributed by atoms with Crippen molar-refractivity contribution in [2.24, 2.45) is 0 Å². The number of carbonyl (C=O) groups is 1. The minimum atomic E-state index is -0.169. The first-order valence-corrected chi connectivity index (χ1v) is 12.5. The SMILES string of the molecule is CCn1c(SCC(=O)NC(c2ccc(C)cc2)c2cccs2)nnc1-c1ccc(Cl)cc1. The summed E-state index contributed by atoms with van der Waals surface area (Å²) < 4.78 is 2.01. The molecule has 0 bridgehead atoms. The van der Waals surface area contributed by atoms with Crippen LogP contribution in [0.15, 0.2) is 71.2 Å². The van der Waals surface area contributed by atoms with E-state index in [1.54, 1.807) is 11.3 Å². The van der Waals surface area contributed by atoms with Crippen LogP contribution < -0.4 is 5.32 Å². The van der Waals surface area contributed by atoms with Crippen molar-refractivity contribution in [3.8, 4) is 11.4 Å². The van der Waals surface area contributed by atoms with Crippen molar-refractivity contribution in [2.75, 3.05) is 5.75 Å². The van der Waals surface area contributed by atoms with Crippen LogP contribution in [0.3, 0.4) is 0 Å². The molecule has 2 heterocycles. The molecule has 0 spiro atoms. The van der Waals surface area contributed by atoms with E-state index in [0.29, 0.717) is 11.6 Å². The third-order valence-corrected chi connectivity index (χ3v) is 7.17. The number of aromatic nitrogens is 3. The predicted molar refractivity (Wildman–Crippen MR) is 132 cm³/mol. The summed E-state index contributed by atoms with van der Waals surface area (Å²) in [6.07, 6.45) is 0. The van der Waals surface area contributed by atoms with Gasteiger partial charge in [0.1, 0.15) is 0 Å². The van der Waals surface area contributed by atoms with E-state index >= 15 is 0 Å². The quantitative estimate of drug-likeness (QED) is 0.313. The van der Waals surface area contributed by atoms with Crippen molar-refractivity contribution >= 4 is 40.6 Å². The van der Waals surface area contributed by atoms with Gasteiger partial charge in [-0.05, 0) is 55.1 Å². The van der Waals surface area contributed by atoms with Gasteiger partial charge in [0.15, 0.2) is 11.0 Å². The number of aryl methyl sites for hydroxylation is 1. The van der Waals surface area contributed by atoms with Gasteiger partial charge in [0.25, 0.3) is 0 Å². The third-order valence-electron chi connectivity index (χ3n) is 5.01. The lowest BCUT2D eigenvalue weighted by Gasteiger charge is -2.18. The van der Waals surface area contributed by atoms with Gasteiger partial charge in [0.05, 0.1) is 11.8 Å². The Balaban J connectivity index is 1.47. The summed E-state index contributed by atoms with van der Waals surface area (Å²) in [5.41, 5.74) is 3.20. The fourth-order valence-electron chi connectivity index (χ4n) is 3.36. The van der Waals surface area contributed by atoms with Crippen LogP contribution in [-0.2, 0) is 11.3 Å². The topological polar surface area (TPSA) is 59.8 Å². The lowest BCUT2D eigenvalue weighted by atomic mass is 10.0. The molecular formula is C24H23ClN4OS2. The zero-order valence-corrected chi connectivity index (χ0v) is 20.2. The predicted octanol–water partition coefficient (Wildman–Crippen LogP) is 5.99. The van der Waals surface area contributed by atoms with E-state index in [2.05, 4.69) is 52.8 Å². The highest BCUT2D eigenvalue weighted by Gasteiger charge is 2.19. The van der Waals surface area contributed by atoms with Gasteiger partial charge in [-0.25, -0.2) is 0 Å². The van der Waals surface area contributed by atoms with Crippen LogP contribution in [0.4, 0.5) is 0 Å². The van der Waals surface area contributed by atoms with Crippen LogP contribution >= 0.6 is 34.7 Å². The number of hydrogen-bond donors (Lipinski definition) is 1. The second-order valence-corrected chi connectivity index (χ2v) is 9.63. The summed E-state index contributed by atoms with van der Waals surface area (Å²) in [5.74, 6) is 0.975. The fourth-order valence-corrected chi connectivity index (χ4v) is 5.10. The Bertz CT molecular complexity index is 1170. The van der Waals surface area contributed by atoms with Gasteiger partial charge in [-0.15, -0.1) is 21.5 Å². The Labute approximate surface area is 200 Å². The molecule has 0 fully saturated rings. The van der Waals surface area contributed by atoms with Gasteiger partial charge in [0, 0.05) is 22.0 Å². The number of amides is 1. The lowest BCUT2D eigenvalue weighted by Crippen LogP contribution is -2.30. The Morgan fingerprint density at radius 3 is 2.53 bits per heavy atom. The van der Waals surface area contributed by atoms with Gasteiger partial charge < -0.3 is 9.88 Å². The zero-order chi connectivity index (χ0) is 22.5. The van der Waals surface area contributed by atoms with E-state index in [9.17, 15) is 4.79 Å². The molecule has 5 nitrogen and oxygen atoms in total. The molecule has 0 radical (unpaired) electrons. The number of rotatable bonds is 8. The minimum Gasteiger partial charge on any atom is -0.344 e. The summed E-state index contributed by atoms with van der Waals surface area (Å²) in [6, 6.07) is 19.7. The Hall–Kier alpha value is -2.61. The van der Waals surface area contributed by atoms with Gasteiger partial charge in [0.2, 0.25) is 5.91 Å². The van der Waals surface area contributed by atoms with Crippen LogP contribution in [0.5, 0.6) is 0 Å². The van der Waals surface area contributed by atoms with E-state index in [4.69, 9.17) is 11.6 Å². The van der Waals surface area contributed by atoms with E-state index in [1.165, 1.54) is 17.3 Å². The van der Waals surface area contributed by atoms with E-state index in [0.717, 1.165) is 27.0 Å². The Morgan fingerprint density at radius 1 is 1.12 bits per heavy atom. The monoisotopic (exact) mass is 482 g/mol. The molecule has 164 valence electrons. The van der Waals surface area contributed by atoms with Gasteiger partial charge in [-0.2, -0.15) is 0 Å². The number of thiophene rings is 1. The van der Waals surface area contributed by atoms with Crippen LogP contribution in [0.1, 0.15) is 29.0 Å². The second kappa shape index (κ2) is 10.3. The number of thioether (sulfide) groups is 1. The van der Waals surface area contributed by atoms with Gasteiger partial charge >= 0.3 is 0 Å². The maximum absolute atomic E-state index is 12.9. The average Bonchev–Trinajstić information content (AvgIpc) is 3.47. The van der Waals surface area contributed by atoms with Crippen LogP contribution in [0.2, 0.25) is 5.02 Å². The normalized spacial score (nSPS) is 12.0. The maximum atomic E-state index is 12.9. The van der Waals surface area contributed by atoms with Gasteiger partial charge in [-0.3, -0.25) is 4.79 Å². The molecule has 0 aliphatic rings.